The monoisotopic (exact) mass is 573 g/mol. The number of hydrogen-bond donors (Lipinski definition) is 1. The molecule has 214 valence electrons. The lowest BCUT2D eigenvalue weighted by atomic mass is 10.1. The van der Waals surface area contributed by atoms with Gasteiger partial charge in [0.15, 0.2) is 0 Å². The van der Waals surface area contributed by atoms with Crippen molar-refractivity contribution >= 4 is 27.5 Å². The predicted molar refractivity (Wildman–Crippen MR) is 148 cm³/mol. The summed E-state index contributed by atoms with van der Waals surface area (Å²) in [5, 5.41) is 2.81. The molecule has 1 N–H and O–H groups in total. The number of amides is 2. The maximum Gasteiger partial charge on any atom is 0.264 e. The lowest BCUT2D eigenvalue weighted by molar-refractivity contribution is -0.139. The lowest BCUT2D eigenvalue weighted by Gasteiger charge is -2.32. The van der Waals surface area contributed by atoms with Gasteiger partial charge in [0.2, 0.25) is 11.8 Å². The Kier molecular flexibility index (Phi) is 10.2. The molecule has 0 saturated heterocycles. The van der Waals surface area contributed by atoms with Gasteiger partial charge in [0.1, 0.15) is 30.0 Å². The molecule has 0 aliphatic heterocycles. The van der Waals surface area contributed by atoms with Crippen LogP contribution in [0.15, 0.2) is 77.7 Å². The van der Waals surface area contributed by atoms with Crippen LogP contribution in [-0.2, 0) is 26.2 Å². The van der Waals surface area contributed by atoms with Gasteiger partial charge in [-0.05, 0) is 74.9 Å². The predicted octanol–water partition coefficient (Wildman–Crippen LogP) is 4.50. The maximum atomic E-state index is 14.6. The minimum atomic E-state index is -4.34. The highest BCUT2D eigenvalue weighted by atomic mass is 32.2. The van der Waals surface area contributed by atoms with Gasteiger partial charge in [-0.3, -0.25) is 13.9 Å². The third-order valence-corrected chi connectivity index (χ3v) is 8.30. The molecule has 0 radical (unpaired) electrons. The Hall–Kier alpha value is -3.99. The molecule has 3 aromatic rings. The number of benzene rings is 3. The Bertz CT molecular complexity index is 1420. The molecular weight excluding hydrogens is 540 g/mol. The first-order chi connectivity index (χ1) is 19.0. The van der Waals surface area contributed by atoms with E-state index in [9.17, 15) is 26.8 Å². The smallest absolute Gasteiger partial charge is 0.264 e. The van der Waals surface area contributed by atoms with Crippen molar-refractivity contribution in [1.82, 2.24) is 10.2 Å². The number of nitrogens with zero attached hydrogens (tertiary/aromatic N) is 2. The maximum absolute atomic E-state index is 14.6. The Morgan fingerprint density at radius 3 is 2.15 bits per heavy atom. The zero-order valence-electron chi connectivity index (χ0n) is 22.8. The number of carbonyl (C=O) groups is 2. The van der Waals surface area contributed by atoms with Gasteiger partial charge in [-0.15, -0.1) is 0 Å². The van der Waals surface area contributed by atoms with Gasteiger partial charge in [0.25, 0.3) is 10.0 Å². The summed E-state index contributed by atoms with van der Waals surface area (Å²) in [5.74, 6) is -1.95. The van der Waals surface area contributed by atoms with Gasteiger partial charge in [-0.1, -0.05) is 25.1 Å². The summed E-state index contributed by atoms with van der Waals surface area (Å²) >= 11 is 0. The molecule has 0 unspecified atom stereocenters. The molecule has 0 spiro atoms. The zero-order valence-corrected chi connectivity index (χ0v) is 23.6. The SMILES string of the molecule is CC[C@@H](C)NC(=O)[C@H](C)N(Cc1ccccc1F)C(=O)CN(c1ccc(F)cc1)S(=O)(=O)c1ccc(OC)cc1. The van der Waals surface area contributed by atoms with Gasteiger partial charge in [0, 0.05) is 18.2 Å². The Balaban J connectivity index is 2.03. The Labute approximate surface area is 233 Å². The van der Waals surface area contributed by atoms with Gasteiger partial charge >= 0.3 is 0 Å². The number of ether oxygens (including phenoxy) is 1. The van der Waals surface area contributed by atoms with Gasteiger partial charge in [0.05, 0.1) is 17.7 Å². The molecule has 8 nitrogen and oxygen atoms in total. The summed E-state index contributed by atoms with van der Waals surface area (Å²) in [6.45, 7) is 4.19. The number of rotatable bonds is 12. The third-order valence-electron chi connectivity index (χ3n) is 6.51. The van der Waals surface area contributed by atoms with Crippen LogP contribution in [0.5, 0.6) is 5.75 Å². The van der Waals surface area contributed by atoms with Crippen molar-refractivity contribution in [3.8, 4) is 5.75 Å². The van der Waals surface area contributed by atoms with Gasteiger partial charge < -0.3 is 15.0 Å². The fraction of sp³-hybridized carbons (Fsp3) is 0.310. The molecule has 40 heavy (non-hydrogen) atoms. The third kappa shape index (κ3) is 7.35. The van der Waals surface area contributed by atoms with E-state index in [0.717, 1.165) is 21.3 Å². The second kappa shape index (κ2) is 13.4. The molecule has 0 aliphatic carbocycles. The van der Waals surface area contributed by atoms with Crippen LogP contribution in [-0.4, -0.2) is 50.9 Å². The summed E-state index contributed by atoms with van der Waals surface area (Å²) in [5.41, 5.74) is 0.193. The van der Waals surface area contributed by atoms with E-state index in [-0.39, 0.29) is 28.7 Å². The van der Waals surface area contributed by atoms with Crippen molar-refractivity contribution in [2.45, 2.75) is 50.7 Å². The highest BCUT2D eigenvalue weighted by Gasteiger charge is 2.33. The second-order valence-corrected chi connectivity index (χ2v) is 11.1. The van der Waals surface area contributed by atoms with Crippen LogP contribution in [0.4, 0.5) is 14.5 Å². The lowest BCUT2D eigenvalue weighted by Crippen LogP contribution is -2.52. The first kappa shape index (κ1) is 30.6. The van der Waals surface area contributed by atoms with Crippen LogP contribution in [0.1, 0.15) is 32.8 Å². The minimum absolute atomic E-state index is 0.0353. The van der Waals surface area contributed by atoms with Crippen molar-refractivity contribution in [1.29, 1.82) is 0 Å². The molecule has 0 bridgehead atoms. The van der Waals surface area contributed by atoms with Gasteiger partial charge in [-0.2, -0.15) is 0 Å². The van der Waals surface area contributed by atoms with Crippen LogP contribution < -0.4 is 14.4 Å². The normalized spacial score (nSPS) is 12.8. The number of hydrogen-bond acceptors (Lipinski definition) is 5. The van der Waals surface area contributed by atoms with Crippen molar-refractivity contribution in [2.75, 3.05) is 18.0 Å². The van der Waals surface area contributed by atoms with E-state index in [1.807, 2.05) is 13.8 Å². The average Bonchev–Trinajstić information content (AvgIpc) is 2.95. The number of nitrogens with one attached hydrogen (secondary N) is 1. The van der Waals surface area contributed by atoms with Crippen LogP contribution in [0, 0.1) is 11.6 Å². The Morgan fingerprint density at radius 1 is 0.950 bits per heavy atom. The van der Waals surface area contributed by atoms with Crippen molar-refractivity contribution in [3.63, 3.8) is 0 Å². The number of halogens is 2. The molecule has 11 heteroatoms. The summed E-state index contributed by atoms with van der Waals surface area (Å²) in [7, 11) is -2.90. The fourth-order valence-electron chi connectivity index (χ4n) is 3.87. The summed E-state index contributed by atoms with van der Waals surface area (Å²) in [6, 6.07) is 14.8. The topological polar surface area (TPSA) is 96.0 Å². The highest BCUT2D eigenvalue weighted by molar-refractivity contribution is 7.92. The molecule has 3 rings (SSSR count). The zero-order chi connectivity index (χ0) is 29.4. The summed E-state index contributed by atoms with van der Waals surface area (Å²) in [4.78, 5) is 27.8. The van der Waals surface area contributed by atoms with Crippen molar-refractivity contribution in [3.05, 3.63) is 90.0 Å². The summed E-state index contributed by atoms with van der Waals surface area (Å²) in [6.07, 6.45) is 0.651. The van der Waals surface area contributed by atoms with Crippen molar-refractivity contribution in [2.24, 2.45) is 0 Å². The largest absolute Gasteiger partial charge is 0.497 e. The van der Waals surface area contributed by atoms with E-state index in [2.05, 4.69) is 5.32 Å². The molecule has 2 atom stereocenters. The standard InChI is InChI=1S/C29H33F2N3O5S/c1-5-20(2)32-29(36)21(3)33(18-22-8-6-7-9-27(22)31)28(35)19-34(24-12-10-23(30)11-13-24)40(37,38)26-16-14-25(39-4)15-17-26/h6-17,20-21H,5,18-19H2,1-4H3,(H,32,36)/t20-,21+/m1/s1. The highest BCUT2D eigenvalue weighted by Crippen LogP contribution is 2.26. The van der Waals surface area contributed by atoms with E-state index in [1.54, 1.807) is 6.07 Å². The first-order valence-electron chi connectivity index (χ1n) is 12.7. The van der Waals surface area contributed by atoms with Gasteiger partial charge in [-0.25, -0.2) is 17.2 Å². The molecule has 0 fully saturated rings. The number of sulfonamides is 1. The molecule has 3 aromatic carbocycles. The van der Waals surface area contributed by atoms with E-state index in [4.69, 9.17) is 4.74 Å². The molecule has 0 saturated carbocycles. The van der Waals surface area contributed by atoms with Crippen LogP contribution in [0.3, 0.4) is 0 Å². The second-order valence-electron chi connectivity index (χ2n) is 9.27. The molecule has 0 aromatic heterocycles. The quantitative estimate of drug-likeness (QED) is 0.344. The van der Waals surface area contributed by atoms with E-state index >= 15 is 0 Å². The summed E-state index contributed by atoms with van der Waals surface area (Å²) < 4.78 is 61.8. The van der Waals surface area contributed by atoms with Crippen molar-refractivity contribution < 1.29 is 31.5 Å². The van der Waals surface area contributed by atoms with E-state index in [0.29, 0.717) is 12.2 Å². The van der Waals surface area contributed by atoms with Crippen LogP contribution in [0.25, 0.3) is 0 Å². The van der Waals surface area contributed by atoms with Crippen LogP contribution in [0.2, 0.25) is 0 Å². The average molecular weight is 574 g/mol. The van der Waals surface area contributed by atoms with E-state index < -0.39 is 46.1 Å². The van der Waals surface area contributed by atoms with E-state index in [1.165, 1.54) is 68.6 Å². The molecule has 2 amide bonds. The number of anilines is 1. The molecular formula is C29H33F2N3O5S. The molecule has 0 aliphatic rings. The minimum Gasteiger partial charge on any atom is -0.497 e. The number of carbonyl (C=O) groups excluding carboxylic acids is 2. The Morgan fingerprint density at radius 2 is 1.57 bits per heavy atom. The van der Waals surface area contributed by atoms with Crippen LogP contribution >= 0.6 is 0 Å². The number of methoxy groups -OCH3 is 1. The first-order valence-corrected chi connectivity index (χ1v) is 14.2. The molecule has 0 heterocycles. The fourth-order valence-corrected chi connectivity index (χ4v) is 5.28.